The molecular weight excluding hydrogens is 342 g/mol. The molecule has 0 saturated heterocycles. The molecule has 25 heavy (non-hydrogen) atoms. The first-order chi connectivity index (χ1) is 12.0. The molecule has 6 nitrogen and oxygen atoms in total. The van der Waals surface area contributed by atoms with E-state index in [1.165, 1.54) is 0 Å². The second-order valence-corrected chi connectivity index (χ2v) is 6.56. The fraction of sp³-hybridized carbons (Fsp3) is 0.333. The van der Waals surface area contributed by atoms with Crippen molar-refractivity contribution in [2.24, 2.45) is 0 Å². The van der Waals surface area contributed by atoms with Gasteiger partial charge < -0.3 is 20.4 Å². The average Bonchev–Trinajstić information content (AvgIpc) is 3.30. The van der Waals surface area contributed by atoms with Crippen LogP contribution in [-0.4, -0.2) is 29.4 Å². The smallest absolute Gasteiger partial charge is 0.268 e. The predicted octanol–water partition coefficient (Wildman–Crippen LogP) is 2.82. The fourth-order valence-electron chi connectivity index (χ4n) is 2.36. The van der Waals surface area contributed by atoms with Crippen molar-refractivity contribution in [3.8, 4) is 5.75 Å². The Bertz CT molecular complexity index is 753. The van der Waals surface area contributed by atoms with Gasteiger partial charge in [-0.25, -0.2) is 0 Å². The number of benzene rings is 1. The number of rotatable bonds is 7. The molecule has 0 radical (unpaired) electrons. The van der Waals surface area contributed by atoms with Crippen molar-refractivity contribution >= 4 is 23.4 Å². The summed E-state index contributed by atoms with van der Waals surface area (Å²) in [5.41, 5.74) is 1.35. The number of halogens is 1. The van der Waals surface area contributed by atoms with E-state index in [2.05, 4.69) is 15.6 Å². The third kappa shape index (κ3) is 5.00. The normalized spacial score (nSPS) is 14.6. The molecule has 2 aromatic rings. The van der Waals surface area contributed by atoms with Crippen LogP contribution in [0, 0.1) is 0 Å². The number of amides is 2. The van der Waals surface area contributed by atoms with Gasteiger partial charge in [0.2, 0.25) is 0 Å². The summed E-state index contributed by atoms with van der Waals surface area (Å²) in [4.78, 5) is 26.5. The molecule has 132 valence electrons. The Kier molecular flexibility index (Phi) is 5.28. The number of aromatic nitrogens is 1. The van der Waals surface area contributed by atoms with Crippen molar-refractivity contribution in [2.45, 2.75) is 31.8 Å². The molecule has 7 heteroatoms. The van der Waals surface area contributed by atoms with Gasteiger partial charge in [0.05, 0.1) is 11.1 Å². The Labute approximate surface area is 150 Å². The molecule has 2 amide bonds. The summed E-state index contributed by atoms with van der Waals surface area (Å²) in [7, 11) is 0. The Balaban J connectivity index is 1.50. The lowest BCUT2D eigenvalue weighted by molar-refractivity contribution is -0.123. The largest absolute Gasteiger partial charge is 0.484 e. The quantitative estimate of drug-likeness (QED) is 0.709. The molecule has 1 heterocycles. The standard InChI is InChI=1S/C18H20ClN3O3/c1-11(21-18(24)16-8-13(19)9-20-16)12-2-6-15(7-3-12)25-10-17(23)22-14-4-5-14/h2-3,6-9,11,14,20H,4-5,10H2,1H3,(H,21,24)(H,22,23)/t11-/m1/s1. The van der Waals surface area contributed by atoms with Crippen LogP contribution in [0.5, 0.6) is 5.75 Å². The topological polar surface area (TPSA) is 83.2 Å². The molecule has 1 atom stereocenters. The van der Waals surface area contributed by atoms with E-state index in [1.807, 2.05) is 19.1 Å². The second kappa shape index (κ2) is 7.61. The number of hydrogen-bond acceptors (Lipinski definition) is 3. The fourth-order valence-corrected chi connectivity index (χ4v) is 2.52. The Morgan fingerprint density at radius 2 is 2.04 bits per heavy atom. The molecule has 1 fully saturated rings. The molecule has 1 saturated carbocycles. The summed E-state index contributed by atoms with van der Waals surface area (Å²) in [5.74, 6) is 0.290. The average molecular weight is 362 g/mol. The lowest BCUT2D eigenvalue weighted by Crippen LogP contribution is -2.30. The van der Waals surface area contributed by atoms with E-state index in [0.717, 1.165) is 18.4 Å². The van der Waals surface area contributed by atoms with E-state index in [1.54, 1.807) is 24.4 Å². The number of hydrogen-bond donors (Lipinski definition) is 3. The lowest BCUT2D eigenvalue weighted by Gasteiger charge is -2.14. The molecule has 1 aromatic heterocycles. The van der Waals surface area contributed by atoms with Gasteiger partial charge in [0, 0.05) is 12.2 Å². The lowest BCUT2D eigenvalue weighted by atomic mass is 10.1. The number of carbonyl (C=O) groups excluding carboxylic acids is 2. The summed E-state index contributed by atoms with van der Waals surface area (Å²) in [6.45, 7) is 1.90. The second-order valence-electron chi connectivity index (χ2n) is 6.13. The van der Waals surface area contributed by atoms with Crippen LogP contribution < -0.4 is 15.4 Å². The highest BCUT2D eigenvalue weighted by atomic mass is 35.5. The Morgan fingerprint density at radius 3 is 2.64 bits per heavy atom. The van der Waals surface area contributed by atoms with Crippen molar-refractivity contribution < 1.29 is 14.3 Å². The van der Waals surface area contributed by atoms with Crippen molar-refractivity contribution in [3.63, 3.8) is 0 Å². The van der Waals surface area contributed by atoms with Crippen LogP contribution in [0.3, 0.4) is 0 Å². The molecule has 0 unspecified atom stereocenters. The zero-order valence-corrected chi connectivity index (χ0v) is 14.6. The zero-order valence-electron chi connectivity index (χ0n) is 13.8. The molecule has 1 aliphatic carbocycles. The van der Waals surface area contributed by atoms with Gasteiger partial charge in [0.1, 0.15) is 11.4 Å². The van der Waals surface area contributed by atoms with Gasteiger partial charge >= 0.3 is 0 Å². The maximum absolute atomic E-state index is 12.1. The van der Waals surface area contributed by atoms with Gasteiger partial charge in [-0.3, -0.25) is 9.59 Å². The third-order valence-electron chi connectivity index (χ3n) is 3.93. The zero-order chi connectivity index (χ0) is 17.8. The van der Waals surface area contributed by atoms with E-state index in [-0.39, 0.29) is 24.5 Å². The third-order valence-corrected chi connectivity index (χ3v) is 4.15. The molecule has 0 spiro atoms. The van der Waals surface area contributed by atoms with Crippen LogP contribution >= 0.6 is 11.6 Å². The first-order valence-electron chi connectivity index (χ1n) is 8.18. The number of ether oxygens (including phenoxy) is 1. The highest BCUT2D eigenvalue weighted by Gasteiger charge is 2.23. The van der Waals surface area contributed by atoms with Crippen LogP contribution in [0.15, 0.2) is 36.5 Å². The van der Waals surface area contributed by atoms with Gasteiger partial charge in [-0.05, 0) is 43.5 Å². The van der Waals surface area contributed by atoms with Crippen LogP contribution in [0.1, 0.15) is 41.9 Å². The molecule has 1 aliphatic rings. The van der Waals surface area contributed by atoms with Crippen molar-refractivity contribution in [2.75, 3.05) is 6.61 Å². The van der Waals surface area contributed by atoms with Gasteiger partial charge in [0.25, 0.3) is 11.8 Å². The molecule has 0 bridgehead atoms. The van der Waals surface area contributed by atoms with Crippen molar-refractivity contribution in [1.82, 2.24) is 15.6 Å². The first-order valence-corrected chi connectivity index (χ1v) is 8.56. The highest BCUT2D eigenvalue weighted by Crippen LogP contribution is 2.20. The van der Waals surface area contributed by atoms with E-state index >= 15 is 0 Å². The number of carbonyl (C=O) groups is 2. The minimum atomic E-state index is -0.225. The summed E-state index contributed by atoms with van der Waals surface area (Å²) in [6.07, 6.45) is 3.67. The molecule has 3 rings (SSSR count). The number of nitrogens with one attached hydrogen (secondary N) is 3. The Hall–Kier alpha value is -2.47. The predicted molar refractivity (Wildman–Crippen MR) is 94.8 cm³/mol. The van der Waals surface area contributed by atoms with Gasteiger partial charge in [-0.2, -0.15) is 0 Å². The van der Waals surface area contributed by atoms with Gasteiger partial charge in [-0.1, -0.05) is 23.7 Å². The van der Waals surface area contributed by atoms with E-state index in [4.69, 9.17) is 16.3 Å². The number of H-pyrrole nitrogens is 1. The van der Waals surface area contributed by atoms with Crippen LogP contribution in [-0.2, 0) is 4.79 Å². The monoisotopic (exact) mass is 361 g/mol. The molecular formula is C18H20ClN3O3. The van der Waals surface area contributed by atoms with Crippen molar-refractivity contribution in [3.05, 3.63) is 52.8 Å². The number of aromatic amines is 1. The van der Waals surface area contributed by atoms with E-state index in [9.17, 15) is 9.59 Å². The summed E-state index contributed by atoms with van der Waals surface area (Å²) in [5, 5.41) is 6.25. The minimum Gasteiger partial charge on any atom is -0.484 e. The van der Waals surface area contributed by atoms with E-state index in [0.29, 0.717) is 22.5 Å². The van der Waals surface area contributed by atoms with Gasteiger partial charge in [-0.15, -0.1) is 0 Å². The maximum atomic E-state index is 12.1. The summed E-state index contributed by atoms with van der Waals surface area (Å²) < 4.78 is 5.47. The SMILES string of the molecule is C[C@@H](NC(=O)c1cc(Cl)c[nH]1)c1ccc(OCC(=O)NC2CC2)cc1. The first kappa shape index (κ1) is 17.4. The summed E-state index contributed by atoms with van der Waals surface area (Å²) in [6, 6.07) is 9.02. The van der Waals surface area contributed by atoms with Crippen LogP contribution in [0.2, 0.25) is 5.02 Å². The highest BCUT2D eigenvalue weighted by molar-refractivity contribution is 6.30. The minimum absolute atomic E-state index is 0.00964. The van der Waals surface area contributed by atoms with E-state index < -0.39 is 0 Å². The van der Waals surface area contributed by atoms with Crippen LogP contribution in [0.25, 0.3) is 0 Å². The maximum Gasteiger partial charge on any atom is 0.268 e. The summed E-state index contributed by atoms with van der Waals surface area (Å²) >= 11 is 5.80. The molecule has 0 aliphatic heterocycles. The Morgan fingerprint density at radius 1 is 1.32 bits per heavy atom. The molecule has 1 aromatic carbocycles. The molecule has 3 N–H and O–H groups in total. The van der Waals surface area contributed by atoms with Crippen molar-refractivity contribution in [1.29, 1.82) is 0 Å². The van der Waals surface area contributed by atoms with Gasteiger partial charge in [0.15, 0.2) is 6.61 Å². The van der Waals surface area contributed by atoms with Crippen LogP contribution in [0.4, 0.5) is 0 Å².